The van der Waals surface area contributed by atoms with Gasteiger partial charge in [0, 0.05) is 7.05 Å². The van der Waals surface area contributed by atoms with Gasteiger partial charge in [0.15, 0.2) is 5.84 Å². The number of aromatic nitrogens is 3. The van der Waals surface area contributed by atoms with E-state index < -0.39 is 0 Å². The fraction of sp³-hybridized carbons (Fsp3) is 0.667. The minimum absolute atomic E-state index is 0.0155. The smallest absolute Gasteiger partial charge is 0.156 e. The molecular weight excluding hydrogens is 208 g/mol. The lowest BCUT2D eigenvalue weighted by molar-refractivity contribution is 0.266. The molecule has 1 atom stereocenters. The van der Waals surface area contributed by atoms with E-state index in [1.807, 2.05) is 7.05 Å². The Labute approximate surface area is 93.6 Å². The van der Waals surface area contributed by atoms with Gasteiger partial charge in [0.1, 0.15) is 12.2 Å². The highest BCUT2D eigenvalue weighted by Gasteiger charge is 2.28. The van der Waals surface area contributed by atoms with Gasteiger partial charge in [-0.3, -0.25) is 9.58 Å². The third kappa shape index (κ3) is 1.99. The first kappa shape index (κ1) is 10.9. The zero-order valence-electron chi connectivity index (χ0n) is 9.24. The molecule has 7 heteroatoms. The standard InChI is InChI=1S/C9H16N6O/c1-14-8(11-6-12-14)5-15-4-2-3-7(15)9(10)13-16/h6-7,16H,2-5H2,1H3,(H2,10,13). The molecule has 88 valence electrons. The largest absolute Gasteiger partial charge is 0.409 e. The fourth-order valence-corrected chi connectivity index (χ4v) is 2.06. The van der Waals surface area contributed by atoms with Gasteiger partial charge in [-0.2, -0.15) is 5.10 Å². The van der Waals surface area contributed by atoms with E-state index in [2.05, 4.69) is 20.1 Å². The minimum Gasteiger partial charge on any atom is -0.409 e. The zero-order valence-corrected chi connectivity index (χ0v) is 9.24. The van der Waals surface area contributed by atoms with Crippen molar-refractivity contribution >= 4 is 5.84 Å². The molecule has 1 aliphatic heterocycles. The molecule has 3 N–H and O–H groups in total. The molecule has 0 bridgehead atoms. The maximum Gasteiger partial charge on any atom is 0.156 e. The van der Waals surface area contributed by atoms with Gasteiger partial charge in [-0.15, -0.1) is 0 Å². The number of likely N-dealkylation sites (tertiary alicyclic amines) is 1. The Hall–Kier alpha value is -1.63. The monoisotopic (exact) mass is 224 g/mol. The van der Waals surface area contributed by atoms with E-state index in [0.717, 1.165) is 25.2 Å². The summed E-state index contributed by atoms with van der Waals surface area (Å²) < 4.78 is 1.74. The first-order valence-corrected chi connectivity index (χ1v) is 5.26. The lowest BCUT2D eigenvalue weighted by Crippen LogP contribution is -2.40. The Morgan fingerprint density at radius 3 is 3.19 bits per heavy atom. The predicted octanol–water partition coefficient (Wildman–Crippen LogP) is -0.474. The van der Waals surface area contributed by atoms with E-state index >= 15 is 0 Å². The molecule has 1 aliphatic rings. The summed E-state index contributed by atoms with van der Waals surface area (Å²) in [5, 5.41) is 15.8. The molecule has 0 aliphatic carbocycles. The average molecular weight is 224 g/mol. The summed E-state index contributed by atoms with van der Waals surface area (Å²) in [6, 6.07) is 0.0155. The van der Waals surface area contributed by atoms with Crippen LogP contribution in [0.25, 0.3) is 0 Å². The summed E-state index contributed by atoms with van der Waals surface area (Å²) in [4.78, 5) is 6.32. The van der Waals surface area contributed by atoms with Crippen LogP contribution in [0, 0.1) is 0 Å². The van der Waals surface area contributed by atoms with Gasteiger partial charge in [-0.05, 0) is 19.4 Å². The van der Waals surface area contributed by atoms with E-state index in [4.69, 9.17) is 10.9 Å². The lowest BCUT2D eigenvalue weighted by Gasteiger charge is -2.22. The third-order valence-corrected chi connectivity index (χ3v) is 2.97. The number of rotatable bonds is 3. The molecule has 0 spiro atoms. The maximum atomic E-state index is 8.70. The highest BCUT2D eigenvalue weighted by Crippen LogP contribution is 2.19. The Morgan fingerprint density at radius 1 is 1.75 bits per heavy atom. The number of nitrogens with zero attached hydrogens (tertiary/aromatic N) is 5. The van der Waals surface area contributed by atoms with Crippen LogP contribution in [-0.4, -0.2) is 43.3 Å². The van der Waals surface area contributed by atoms with Crippen LogP contribution in [0.2, 0.25) is 0 Å². The number of hydrogen-bond donors (Lipinski definition) is 2. The molecule has 1 saturated heterocycles. The van der Waals surface area contributed by atoms with Crippen LogP contribution in [-0.2, 0) is 13.6 Å². The van der Waals surface area contributed by atoms with Gasteiger partial charge in [-0.1, -0.05) is 5.16 Å². The van der Waals surface area contributed by atoms with Gasteiger partial charge < -0.3 is 10.9 Å². The van der Waals surface area contributed by atoms with E-state index in [-0.39, 0.29) is 11.9 Å². The van der Waals surface area contributed by atoms with Crippen LogP contribution in [0.5, 0.6) is 0 Å². The van der Waals surface area contributed by atoms with Crippen molar-refractivity contribution in [1.29, 1.82) is 0 Å². The molecule has 0 aromatic carbocycles. The molecule has 7 nitrogen and oxygen atoms in total. The van der Waals surface area contributed by atoms with Crippen LogP contribution < -0.4 is 5.73 Å². The predicted molar refractivity (Wildman–Crippen MR) is 57.8 cm³/mol. The van der Waals surface area contributed by atoms with E-state index in [1.54, 1.807) is 4.68 Å². The quantitative estimate of drug-likeness (QED) is 0.313. The number of oxime groups is 1. The van der Waals surface area contributed by atoms with Crippen LogP contribution >= 0.6 is 0 Å². The number of nitrogens with two attached hydrogens (primary N) is 1. The van der Waals surface area contributed by atoms with E-state index in [9.17, 15) is 0 Å². The molecule has 1 aromatic heterocycles. The van der Waals surface area contributed by atoms with Gasteiger partial charge in [0.05, 0.1) is 12.6 Å². The van der Waals surface area contributed by atoms with Crippen molar-refractivity contribution in [2.75, 3.05) is 6.54 Å². The van der Waals surface area contributed by atoms with Gasteiger partial charge in [-0.25, -0.2) is 4.98 Å². The van der Waals surface area contributed by atoms with Crippen molar-refractivity contribution in [3.8, 4) is 0 Å². The van der Waals surface area contributed by atoms with Crippen molar-refractivity contribution in [2.45, 2.75) is 25.4 Å². The SMILES string of the molecule is Cn1ncnc1CN1CCCC1C(N)=NO. The Bertz CT molecular complexity index is 387. The number of hydrogen-bond acceptors (Lipinski definition) is 5. The maximum absolute atomic E-state index is 8.70. The van der Waals surface area contributed by atoms with Crippen LogP contribution in [0.4, 0.5) is 0 Å². The minimum atomic E-state index is 0.0155. The normalized spacial score (nSPS) is 22.8. The molecule has 0 saturated carbocycles. The summed E-state index contributed by atoms with van der Waals surface area (Å²) in [5.41, 5.74) is 5.65. The topological polar surface area (TPSA) is 92.6 Å². The summed E-state index contributed by atoms with van der Waals surface area (Å²) in [7, 11) is 1.86. The Morgan fingerprint density at radius 2 is 2.56 bits per heavy atom. The molecule has 1 aromatic rings. The highest BCUT2D eigenvalue weighted by atomic mass is 16.4. The van der Waals surface area contributed by atoms with Gasteiger partial charge >= 0.3 is 0 Å². The Balaban J connectivity index is 2.07. The summed E-state index contributed by atoms with van der Waals surface area (Å²) in [5.74, 6) is 1.16. The highest BCUT2D eigenvalue weighted by molar-refractivity contribution is 5.85. The average Bonchev–Trinajstić information content (AvgIpc) is 2.88. The van der Waals surface area contributed by atoms with Crippen molar-refractivity contribution < 1.29 is 5.21 Å². The van der Waals surface area contributed by atoms with Crippen LogP contribution in [0.15, 0.2) is 11.5 Å². The molecular formula is C9H16N6O. The number of amidine groups is 1. The molecule has 2 rings (SSSR count). The van der Waals surface area contributed by atoms with Gasteiger partial charge in [0.25, 0.3) is 0 Å². The van der Waals surface area contributed by atoms with Crippen molar-refractivity contribution in [3.63, 3.8) is 0 Å². The number of aryl methyl sites for hydroxylation is 1. The summed E-state index contributed by atoms with van der Waals surface area (Å²) in [6.45, 7) is 1.62. The van der Waals surface area contributed by atoms with Crippen LogP contribution in [0.3, 0.4) is 0 Å². The fourth-order valence-electron chi connectivity index (χ4n) is 2.06. The Kier molecular flexibility index (Phi) is 3.04. The van der Waals surface area contributed by atoms with Crippen molar-refractivity contribution in [1.82, 2.24) is 19.7 Å². The van der Waals surface area contributed by atoms with Crippen molar-refractivity contribution in [2.24, 2.45) is 17.9 Å². The third-order valence-electron chi connectivity index (χ3n) is 2.97. The van der Waals surface area contributed by atoms with E-state index in [0.29, 0.717) is 6.54 Å². The summed E-state index contributed by atoms with van der Waals surface area (Å²) in [6.07, 6.45) is 3.51. The molecule has 16 heavy (non-hydrogen) atoms. The van der Waals surface area contributed by atoms with E-state index in [1.165, 1.54) is 6.33 Å². The summed E-state index contributed by atoms with van der Waals surface area (Å²) >= 11 is 0. The molecule has 0 radical (unpaired) electrons. The lowest BCUT2D eigenvalue weighted by atomic mass is 10.2. The second kappa shape index (κ2) is 4.48. The second-order valence-corrected chi connectivity index (χ2v) is 3.95. The molecule has 2 heterocycles. The van der Waals surface area contributed by atoms with Crippen molar-refractivity contribution in [3.05, 3.63) is 12.2 Å². The molecule has 1 fully saturated rings. The van der Waals surface area contributed by atoms with Crippen LogP contribution in [0.1, 0.15) is 18.7 Å². The second-order valence-electron chi connectivity index (χ2n) is 3.95. The van der Waals surface area contributed by atoms with Gasteiger partial charge in [0.2, 0.25) is 0 Å². The first-order chi connectivity index (χ1) is 7.72. The first-order valence-electron chi connectivity index (χ1n) is 5.26. The molecule has 0 amide bonds. The zero-order chi connectivity index (χ0) is 11.5. The molecule has 1 unspecified atom stereocenters.